The minimum atomic E-state index is -0.962. The Morgan fingerprint density at radius 2 is 0.857 bits per heavy atom. The third-order valence-corrected chi connectivity index (χ3v) is 5.37. The van der Waals surface area contributed by atoms with Crippen LogP contribution in [0.3, 0.4) is 0 Å². The van der Waals surface area contributed by atoms with Crippen molar-refractivity contribution in [1.82, 2.24) is 29.9 Å². The van der Waals surface area contributed by atoms with Crippen molar-refractivity contribution >= 4 is 5.97 Å². The number of pyridine rings is 6. The molecule has 210 valence electrons. The van der Waals surface area contributed by atoms with Crippen LogP contribution in [0.4, 0.5) is 0 Å². The summed E-state index contributed by atoms with van der Waals surface area (Å²) in [7, 11) is 0. The number of halogens is 1. The van der Waals surface area contributed by atoms with Crippen molar-refractivity contribution in [2.75, 3.05) is 0 Å². The van der Waals surface area contributed by atoms with E-state index in [1.165, 1.54) is 18.3 Å². The van der Waals surface area contributed by atoms with Crippen molar-refractivity contribution in [2.45, 2.75) is 6.92 Å². The molecule has 0 atom stereocenters. The Labute approximate surface area is 263 Å². The first kappa shape index (κ1) is 33.5. The van der Waals surface area contributed by atoms with Gasteiger partial charge >= 0.3 is 25.4 Å². The Bertz CT molecular complexity index is 1480. The summed E-state index contributed by atoms with van der Waals surface area (Å²) in [5, 5.41) is 8.86. The zero-order valence-electron chi connectivity index (χ0n) is 22.5. The molecule has 0 aromatic carbocycles. The van der Waals surface area contributed by atoms with E-state index in [1.54, 1.807) is 31.0 Å². The summed E-state index contributed by atoms with van der Waals surface area (Å²) >= 11 is 0. The molecule has 0 aliphatic heterocycles. The van der Waals surface area contributed by atoms with E-state index in [0.717, 1.165) is 28.3 Å². The van der Waals surface area contributed by atoms with E-state index in [-0.39, 0.29) is 37.4 Å². The van der Waals surface area contributed by atoms with Gasteiger partial charge in [-0.1, -0.05) is 24.3 Å². The Balaban J connectivity index is 0.000000218. The second kappa shape index (κ2) is 17.9. The molecular formula is C32H26ClN6O2Ru+. The molecule has 0 spiro atoms. The van der Waals surface area contributed by atoms with Crippen LogP contribution in [0.25, 0.3) is 34.2 Å². The molecule has 6 rings (SSSR count). The zero-order valence-corrected chi connectivity index (χ0v) is 25.0. The number of nitrogens with zero attached hydrogens (tertiary/aromatic N) is 6. The largest absolute Gasteiger partial charge is 2.00 e. The van der Waals surface area contributed by atoms with E-state index in [2.05, 4.69) is 29.9 Å². The Hall–Kier alpha value is -4.72. The molecule has 0 saturated carbocycles. The van der Waals surface area contributed by atoms with Gasteiger partial charge in [-0.3, -0.25) is 29.9 Å². The normalized spacial score (nSPS) is 9.36. The number of aromatic nitrogens is 6. The molecule has 6 aromatic rings. The second-order valence-electron chi connectivity index (χ2n) is 8.31. The van der Waals surface area contributed by atoms with Crippen molar-refractivity contribution in [2.24, 2.45) is 0 Å². The molecule has 0 aliphatic carbocycles. The maximum absolute atomic E-state index is 10.8. The first-order valence-corrected chi connectivity index (χ1v) is 12.4. The zero-order chi connectivity index (χ0) is 28.0. The smallest absolute Gasteiger partial charge is 1.00 e. The molecule has 8 nitrogen and oxygen atoms in total. The molecule has 0 radical (unpaired) electrons. The van der Waals surface area contributed by atoms with E-state index < -0.39 is 5.97 Å². The molecule has 0 fully saturated rings. The minimum absolute atomic E-state index is 0. The van der Waals surface area contributed by atoms with Gasteiger partial charge in [0.2, 0.25) is 0 Å². The average molecular weight is 663 g/mol. The molecule has 42 heavy (non-hydrogen) atoms. The molecule has 6 heterocycles. The van der Waals surface area contributed by atoms with E-state index >= 15 is 0 Å². The molecule has 6 aromatic heterocycles. The second-order valence-corrected chi connectivity index (χ2v) is 8.31. The van der Waals surface area contributed by atoms with Crippen LogP contribution < -0.4 is 12.4 Å². The molecule has 0 unspecified atom stereocenters. The van der Waals surface area contributed by atoms with Crippen LogP contribution >= 0.6 is 0 Å². The minimum Gasteiger partial charge on any atom is -1.00 e. The Kier molecular flexibility index (Phi) is 14.2. The fourth-order valence-corrected chi connectivity index (χ4v) is 3.44. The molecule has 10 heteroatoms. The van der Waals surface area contributed by atoms with Crippen molar-refractivity contribution in [3.63, 3.8) is 0 Å². The Morgan fingerprint density at radius 1 is 0.500 bits per heavy atom. The summed E-state index contributed by atoms with van der Waals surface area (Å²) in [6, 6.07) is 29.9. The van der Waals surface area contributed by atoms with Gasteiger partial charge in [0, 0.05) is 37.2 Å². The third kappa shape index (κ3) is 10.4. The number of hydrogen-bond donors (Lipinski definition) is 1. The van der Waals surface area contributed by atoms with Gasteiger partial charge in [0.05, 0.1) is 39.7 Å². The van der Waals surface area contributed by atoms with Crippen LogP contribution in [-0.4, -0.2) is 41.0 Å². The summed E-state index contributed by atoms with van der Waals surface area (Å²) in [5.74, 6) is -0.962. The van der Waals surface area contributed by atoms with Gasteiger partial charge in [-0.2, -0.15) is 0 Å². The number of aromatic carboxylic acids is 1. The van der Waals surface area contributed by atoms with Crippen molar-refractivity contribution in [1.29, 1.82) is 0 Å². The molecular weight excluding hydrogens is 637 g/mol. The summed E-state index contributed by atoms with van der Waals surface area (Å²) in [5.41, 5.74) is 6.19. The summed E-state index contributed by atoms with van der Waals surface area (Å²) in [6.07, 6.45) is 10.2. The van der Waals surface area contributed by atoms with Crippen LogP contribution in [0.1, 0.15) is 15.9 Å². The molecule has 0 saturated heterocycles. The quantitative estimate of drug-likeness (QED) is 0.286. The number of carboxylic acid groups (broad SMARTS) is 1. The number of rotatable bonds is 4. The van der Waals surface area contributed by atoms with Crippen molar-refractivity contribution in [3.05, 3.63) is 145 Å². The van der Waals surface area contributed by atoms with Crippen molar-refractivity contribution in [3.8, 4) is 34.2 Å². The summed E-state index contributed by atoms with van der Waals surface area (Å²) in [4.78, 5) is 35.8. The number of hydrogen-bond acceptors (Lipinski definition) is 7. The van der Waals surface area contributed by atoms with Crippen LogP contribution in [0.15, 0.2) is 134 Å². The van der Waals surface area contributed by atoms with E-state index in [1.807, 2.05) is 91.9 Å². The van der Waals surface area contributed by atoms with Crippen LogP contribution in [0.2, 0.25) is 0 Å². The average Bonchev–Trinajstić information content (AvgIpc) is 3.03. The van der Waals surface area contributed by atoms with Crippen LogP contribution in [0.5, 0.6) is 0 Å². The predicted octanol–water partition coefficient (Wildman–Crippen LogP) is 3.44. The number of carboxylic acids is 1. The van der Waals surface area contributed by atoms with Crippen molar-refractivity contribution < 1.29 is 41.8 Å². The maximum Gasteiger partial charge on any atom is 2.00 e. The monoisotopic (exact) mass is 663 g/mol. The first-order valence-electron chi connectivity index (χ1n) is 12.4. The van der Waals surface area contributed by atoms with E-state index in [0.29, 0.717) is 11.4 Å². The van der Waals surface area contributed by atoms with Crippen LogP contribution in [-0.2, 0) is 19.5 Å². The van der Waals surface area contributed by atoms with Gasteiger partial charge in [0.1, 0.15) is 0 Å². The number of aryl methyl sites for hydroxylation is 1. The number of carbonyl (C=O) groups is 1. The van der Waals surface area contributed by atoms with Crippen LogP contribution in [0, 0.1) is 6.92 Å². The Morgan fingerprint density at radius 3 is 1.19 bits per heavy atom. The molecule has 0 aliphatic rings. The van der Waals surface area contributed by atoms with Gasteiger partial charge in [-0.15, -0.1) is 0 Å². The van der Waals surface area contributed by atoms with Gasteiger partial charge < -0.3 is 17.5 Å². The van der Waals surface area contributed by atoms with Gasteiger partial charge in [-0.05, 0) is 85.3 Å². The van der Waals surface area contributed by atoms with Gasteiger partial charge in [0.25, 0.3) is 0 Å². The fraction of sp³-hybridized carbons (Fsp3) is 0.0312. The summed E-state index contributed by atoms with van der Waals surface area (Å²) in [6.45, 7) is 1.95. The topological polar surface area (TPSA) is 115 Å². The molecule has 1 N–H and O–H groups in total. The fourth-order valence-electron chi connectivity index (χ4n) is 3.44. The van der Waals surface area contributed by atoms with E-state index in [4.69, 9.17) is 5.11 Å². The van der Waals surface area contributed by atoms with Gasteiger partial charge in [0.15, 0.2) is 0 Å². The predicted molar refractivity (Wildman–Crippen MR) is 154 cm³/mol. The first-order chi connectivity index (χ1) is 19.6. The third-order valence-electron chi connectivity index (χ3n) is 5.37. The molecule has 0 amide bonds. The summed E-state index contributed by atoms with van der Waals surface area (Å²) < 4.78 is 0. The van der Waals surface area contributed by atoms with E-state index in [9.17, 15) is 4.79 Å². The maximum atomic E-state index is 10.8. The van der Waals surface area contributed by atoms with Gasteiger partial charge in [-0.25, -0.2) is 4.79 Å². The molecule has 0 bridgehead atoms. The standard InChI is InChI=1S/C12H10N2O2.2C10H8N2.ClH.Ru/c1-8-2-4-13-10(6-8)11-7-9(12(15)16)3-5-14-11;2*1-3-7-11-9(5-1)10-6-2-4-8-12-10;;/h2-7H,1H3,(H,15,16);2*1-8H;1H;/q;;;;+2/p-1. The SMILES string of the molecule is Cc1ccnc(-c2cc(C(=O)O)ccn2)c1.[Cl-].[Ru+2].c1ccc(-c2ccccn2)nc1.c1ccc(-c2ccccn2)nc1.